The van der Waals surface area contributed by atoms with Crippen LogP contribution in [0.4, 0.5) is 0 Å². The van der Waals surface area contributed by atoms with E-state index in [0.717, 1.165) is 16.7 Å². The van der Waals surface area contributed by atoms with E-state index in [9.17, 15) is 9.59 Å². The second kappa shape index (κ2) is 8.31. The smallest absolute Gasteiger partial charge is 0.254 e. The van der Waals surface area contributed by atoms with Crippen molar-refractivity contribution in [1.29, 1.82) is 0 Å². The molecule has 0 aliphatic carbocycles. The van der Waals surface area contributed by atoms with Crippen LogP contribution in [-0.4, -0.2) is 54.0 Å². The van der Waals surface area contributed by atoms with Crippen molar-refractivity contribution in [3.8, 4) is 11.1 Å². The van der Waals surface area contributed by atoms with E-state index >= 15 is 0 Å². The minimum Gasteiger partial charge on any atom is -0.361 e. The predicted octanol–water partition coefficient (Wildman–Crippen LogP) is 2.04. The van der Waals surface area contributed by atoms with Gasteiger partial charge in [0.05, 0.1) is 13.2 Å². The summed E-state index contributed by atoms with van der Waals surface area (Å²) in [7, 11) is 1.60. The number of carbonyl (C=O) groups excluding carboxylic acids is 2. The lowest BCUT2D eigenvalue weighted by Gasteiger charge is -2.41. The number of pyridine rings is 1. The summed E-state index contributed by atoms with van der Waals surface area (Å²) in [5.41, 5.74) is 1.88. The molecule has 0 radical (unpaired) electrons. The van der Waals surface area contributed by atoms with Crippen molar-refractivity contribution < 1.29 is 14.3 Å². The molecule has 1 aromatic carbocycles. The number of rotatable bonds is 5. The second-order valence-corrected chi connectivity index (χ2v) is 6.67. The summed E-state index contributed by atoms with van der Waals surface area (Å²) in [6.07, 6.45) is 4.33. The molecule has 1 aliphatic rings. The Morgan fingerprint density at radius 1 is 1.26 bits per heavy atom. The monoisotopic (exact) mass is 367 g/mol. The number of aromatic nitrogens is 1. The van der Waals surface area contributed by atoms with Crippen LogP contribution in [0.1, 0.15) is 18.9 Å². The molecule has 3 rings (SSSR count). The Morgan fingerprint density at radius 3 is 2.78 bits per heavy atom. The van der Waals surface area contributed by atoms with Crippen LogP contribution in [0, 0.1) is 0 Å². The van der Waals surface area contributed by atoms with E-state index in [0.29, 0.717) is 26.0 Å². The number of morpholine rings is 1. The number of likely N-dealkylation sites (N-methyl/N-ethyl adjacent to an activating group) is 1. The largest absolute Gasteiger partial charge is 0.361 e. The molecule has 2 aromatic rings. The van der Waals surface area contributed by atoms with Crippen molar-refractivity contribution in [3.05, 3.63) is 54.4 Å². The van der Waals surface area contributed by atoms with E-state index in [4.69, 9.17) is 4.74 Å². The number of carbonyl (C=O) groups is 2. The van der Waals surface area contributed by atoms with E-state index in [-0.39, 0.29) is 18.4 Å². The molecule has 0 spiro atoms. The summed E-state index contributed by atoms with van der Waals surface area (Å²) in [5.74, 6) is -0.177. The van der Waals surface area contributed by atoms with Crippen molar-refractivity contribution >= 4 is 11.8 Å². The first-order chi connectivity index (χ1) is 13.1. The summed E-state index contributed by atoms with van der Waals surface area (Å²) in [5, 5.41) is 2.72. The molecule has 1 N–H and O–H groups in total. The highest BCUT2D eigenvalue weighted by atomic mass is 16.5. The number of hydrogen-bond acceptors (Lipinski definition) is 4. The number of amides is 2. The van der Waals surface area contributed by atoms with Gasteiger partial charge in [0.25, 0.3) is 5.91 Å². The summed E-state index contributed by atoms with van der Waals surface area (Å²) in [6, 6.07) is 11.8. The number of hydrogen-bond donors (Lipinski definition) is 1. The number of nitrogens with one attached hydrogen (secondary N) is 1. The van der Waals surface area contributed by atoms with Gasteiger partial charge in [0.15, 0.2) is 5.60 Å². The fraction of sp³-hybridized carbons (Fsp3) is 0.381. The molecule has 1 saturated heterocycles. The molecule has 1 aromatic heterocycles. The van der Waals surface area contributed by atoms with Crippen LogP contribution in [0.2, 0.25) is 0 Å². The van der Waals surface area contributed by atoms with Gasteiger partial charge in [-0.15, -0.1) is 0 Å². The number of benzene rings is 1. The summed E-state index contributed by atoms with van der Waals surface area (Å²) in [4.78, 5) is 31.0. The highest BCUT2D eigenvalue weighted by molar-refractivity contribution is 5.87. The van der Waals surface area contributed by atoms with Crippen molar-refractivity contribution in [3.63, 3.8) is 0 Å². The molecular weight excluding hydrogens is 342 g/mol. The Hall–Kier alpha value is -2.73. The highest BCUT2D eigenvalue weighted by Gasteiger charge is 2.44. The molecule has 142 valence electrons. The predicted molar refractivity (Wildman–Crippen MR) is 103 cm³/mol. The zero-order valence-corrected chi connectivity index (χ0v) is 15.8. The van der Waals surface area contributed by atoms with Crippen LogP contribution in [0.5, 0.6) is 0 Å². The molecule has 0 unspecified atom stereocenters. The minimum atomic E-state index is -1.10. The Kier molecular flexibility index (Phi) is 5.86. The standard InChI is InChI=1S/C21H25N3O3/c1-3-19(25)24-11-12-27-21(15-24,20(26)22-2)13-16-7-4-5-9-18(16)17-8-6-10-23-14-17/h4-10,14H,3,11-13,15H2,1-2H3,(H,22,26)/t21-/m0/s1. The Morgan fingerprint density at radius 2 is 2.07 bits per heavy atom. The van der Waals surface area contributed by atoms with Gasteiger partial charge in [-0.3, -0.25) is 14.6 Å². The van der Waals surface area contributed by atoms with Crippen molar-refractivity contribution in [2.45, 2.75) is 25.4 Å². The average molecular weight is 367 g/mol. The van der Waals surface area contributed by atoms with E-state index in [2.05, 4.69) is 10.3 Å². The maximum absolute atomic E-state index is 12.8. The van der Waals surface area contributed by atoms with Gasteiger partial charge in [-0.25, -0.2) is 0 Å². The molecule has 2 amide bonds. The van der Waals surface area contributed by atoms with Gasteiger partial charge in [-0.05, 0) is 17.2 Å². The minimum absolute atomic E-state index is 0.0344. The first-order valence-corrected chi connectivity index (χ1v) is 9.22. The van der Waals surface area contributed by atoms with Gasteiger partial charge in [0.1, 0.15) is 0 Å². The van der Waals surface area contributed by atoms with Gasteiger partial charge in [-0.1, -0.05) is 37.3 Å². The summed E-state index contributed by atoms with van der Waals surface area (Å²) < 4.78 is 6.02. The second-order valence-electron chi connectivity index (χ2n) is 6.67. The number of ether oxygens (including phenoxy) is 1. The fourth-order valence-corrected chi connectivity index (χ4v) is 3.56. The molecule has 1 atom stereocenters. The summed E-state index contributed by atoms with van der Waals surface area (Å²) >= 11 is 0. The van der Waals surface area contributed by atoms with Crippen molar-refractivity contribution in [2.24, 2.45) is 0 Å². The Bertz CT molecular complexity index is 809. The van der Waals surface area contributed by atoms with E-state index in [1.807, 2.05) is 43.3 Å². The molecular formula is C21H25N3O3. The lowest BCUT2D eigenvalue weighted by molar-refractivity contribution is -0.165. The molecule has 2 heterocycles. The van der Waals surface area contributed by atoms with E-state index in [1.165, 1.54) is 0 Å². The molecule has 0 saturated carbocycles. The van der Waals surface area contributed by atoms with Crippen molar-refractivity contribution in [2.75, 3.05) is 26.7 Å². The Balaban J connectivity index is 1.97. The quantitative estimate of drug-likeness (QED) is 0.878. The molecule has 6 heteroatoms. The number of nitrogens with zero attached hydrogens (tertiary/aromatic N) is 2. The third-order valence-corrected chi connectivity index (χ3v) is 4.95. The molecule has 0 bridgehead atoms. The van der Waals surface area contributed by atoms with Gasteiger partial charge >= 0.3 is 0 Å². The highest BCUT2D eigenvalue weighted by Crippen LogP contribution is 2.30. The van der Waals surface area contributed by atoms with Gasteiger partial charge in [0, 0.05) is 44.4 Å². The van der Waals surface area contributed by atoms with Gasteiger partial charge in [-0.2, -0.15) is 0 Å². The molecule has 1 aliphatic heterocycles. The Labute approximate surface area is 159 Å². The van der Waals surface area contributed by atoms with Crippen LogP contribution in [0.3, 0.4) is 0 Å². The zero-order chi connectivity index (χ0) is 19.3. The summed E-state index contributed by atoms with van der Waals surface area (Å²) in [6.45, 7) is 2.93. The lowest BCUT2D eigenvalue weighted by atomic mass is 9.87. The third-order valence-electron chi connectivity index (χ3n) is 4.95. The SMILES string of the molecule is CCC(=O)N1CCO[C@](Cc2ccccc2-c2cccnc2)(C(=O)NC)C1. The van der Waals surface area contributed by atoms with E-state index < -0.39 is 5.60 Å². The lowest BCUT2D eigenvalue weighted by Crippen LogP contribution is -2.61. The van der Waals surface area contributed by atoms with Crippen molar-refractivity contribution in [1.82, 2.24) is 15.2 Å². The fourth-order valence-electron chi connectivity index (χ4n) is 3.56. The first-order valence-electron chi connectivity index (χ1n) is 9.22. The zero-order valence-electron chi connectivity index (χ0n) is 15.8. The molecule has 27 heavy (non-hydrogen) atoms. The third kappa shape index (κ3) is 4.01. The maximum Gasteiger partial charge on any atom is 0.254 e. The van der Waals surface area contributed by atoms with E-state index in [1.54, 1.807) is 24.3 Å². The van der Waals surface area contributed by atoms with Crippen LogP contribution in [-0.2, 0) is 20.7 Å². The maximum atomic E-state index is 12.8. The van der Waals surface area contributed by atoms with Crippen LogP contribution >= 0.6 is 0 Å². The van der Waals surface area contributed by atoms with Crippen LogP contribution < -0.4 is 5.32 Å². The van der Waals surface area contributed by atoms with Crippen LogP contribution in [0.25, 0.3) is 11.1 Å². The molecule has 6 nitrogen and oxygen atoms in total. The average Bonchev–Trinajstić information content (AvgIpc) is 2.73. The normalized spacial score (nSPS) is 19.6. The van der Waals surface area contributed by atoms with Gasteiger partial charge in [0.2, 0.25) is 5.91 Å². The van der Waals surface area contributed by atoms with Gasteiger partial charge < -0.3 is 15.0 Å². The molecule has 1 fully saturated rings. The van der Waals surface area contributed by atoms with Crippen LogP contribution in [0.15, 0.2) is 48.8 Å². The topological polar surface area (TPSA) is 71.5 Å². The first kappa shape index (κ1) is 19.0.